The van der Waals surface area contributed by atoms with Crippen LogP contribution in [-0.4, -0.2) is 15.6 Å². The first-order chi connectivity index (χ1) is 8.90. The van der Waals surface area contributed by atoms with Gasteiger partial charge in [0.05, 0.1) is 5.41 Å². The number of hydrogen-bond acceptors (Lipinski definition) is 1. The number of hydrogen-bond donors (Lipinski definition) is 1. The number of aliphatic carboxylic acids is 1. The summed E-state index contributed by atoms with van der Waals surface area (Å²) in [5.41, 5.74) is 1.84. The summed E-state index contributed by atoms with van der Waals surface area (Å²) in [6, 6.07) is 8.53. The maximum Gasteiger partial charge on any atom is 0.309 e. The molecule has 0 saturated heterocycles. The van der Waals surface area contributed by atoms with Crippen LogP contribution in [0.1, 0.15) is 32.3 Å². The molecule has 0 spiro atoms. The van der Waals surface area contributed by atoms with Crippen molar-refractivity contribution in [3.63, 3.8) is 0 Å². The third-order valence-electron chi connectivity index (χ3n) is 3.71. The van der Waals surface area contributed by atoms with Crippen LogP contribution in [0.2, 0.25) is 0 Å². The second kappa shape index (κ2) is 5.08. The molecule has 0 radical (unpaired) electrons. The van der Waals surface area contributed by atoms with Crippen LogP contribution >= 0.6 is 0 Å². The maximum atomic E-state index is 11.1. The molecule has 2 aromatic rings. The lowest BCUT2D eigenvalue weighted by atomic mass is 9.88. The van der Waals surface area contributed by atoms with E-state index < -0.39 is 11.4 Å². The van der Waals surface area contributed by atoms with Crippen LogP contribution < -0.4 is 0 Å². The van der Waals surface area contributed by atoms with Gasteiger partial charge in [0.25, 0.3) is 0 Å². The number of carbonyl (C=O) groups is 1. The molecule has 0 fully saturated rings. The first-order valence-corrected chi connectivity index (χ1v) is 6.69. The van der Waals surface area contributed by atoms with Gasteiger partial charge in [-0.2, -0.15) is 0 Å². The third kappa shape index (κ3) is 2.98. The van der Waals surface area contributed by atoms with Crippen LogP contribution in [0.5, 0.6) is 0 Å². The largest absolute Gasteiger partial charge is 0.481 e. The van der Waals surface area contributed by atoms with Gasteiger partial charge in [-0.05, 0) is 56.7 Å². The Bertz CT molecular complexity index is 596. The number of carboxylic acids is 1. The van der Waals surface area contributed by atoms with Crippen molar-refractivity contribution in [1.29, 1.82) is 0 Å². The van der Waals surface area contributed by atoms with Crippen LogP contribution in [0.4, 0.5) is 0 Å². The zero-order valence-electron chi connectivity index (χ0n) is 11.8. The molecule has 3 nitrogen and oxygen atoms in total. The molecule has 0 bridgehead atoms. The molecule has 0 saturated carbocycles. The Morgan fingerprint density at radius 2 is 2.05 bits per heavy atom. The Hall–Kier alpha value is -1.77. The zero-order chi connectivity index (χ0) is 14.0. The van der Waals surface area contributed by atoms with Crippen molar-refractivity contribution in [2.24, 2.45) is 5.41 Å². The zero-order valence-corrected chi connectivity index (χ0v) is 11.8. The van der Waals surface area contributed by atoms with Crippen molar-refractivity contribution in [2.75, 3.05) is 0 Å². The van der Waals surface area contributed by atoms with E-state index in [1.807, 2.05) is 0 Å². The molecule has 0 unspecified atom stereocenters. The first kappa shape index (κ1) is 13.7. The summed E-state index contributed by atoms with van der Waals surface area (Å²) in [5, 5.41) is 10.3. The standard InChI is InChI=1S/C16H21NO2/c1-12-5-6-13-7-10-17(14(13)11-12)9-4-8-16(2,3)15(18)19/h5-7,10-11H,4,8-9H2,1-3H3,(H,18,19). The van der Waals surface area contributed by atoms with Gasteiger partial charge in [0, 0.05) is 18.3 Å². The van der Waals surface area contributed by atoms with Crippen molar-refractivity contribution in [3.8, 4) is 0 Å². The van der Waals surface area contributed by atoms with Crippen molar-refractivity contribution in [2.45, 2.75) is 40.2 Å². The molecular weight excluding hydrogens is 238 g/mol. The lowest BCUT2D eigenvalue weighted by Gasteiger charge is -2.18. The van der Waals surface area contributed by atoms with E-state index in [1.165, 1.54) is 16.5 Å². The fourth-order valence-electron chi connectivity index (χ4n) is 2.29. The van der Waals surface area contributed by atoms with E-state index in [0.29, 0.717) is 6.42 Å². The molecule has 0 amide bonds. The summed E-state index contributed by atoms with van der Waals surface area (Å²) in [6.07, 6.45) is 3.64. The fourth-order valence-corrected chi connectivity index (χ4v) is 2.29. The molecule has 1 aromatic heterocycles. The summed E-state index contributed by atoms with van der Waals surface area (Å²) in [7, 11) is 0. The highest BCUT2D eigenvalue weighted by Crippen LogP contribution is 2.24. The van der Waals surface area contributed by atoms with Crippen LogP contribution in [-0.2, 0) is 11.3 Å². The summed E-state index contributed by atoms with van der Waals surface area (Å²) < 4.78 is 2.21. The van der Waals surface area contributed by atoms with Gasteiger partial charge in [-0.3, -0.25) is 4.79 Å². The van der Waals surface area contributed by atoms with Gasteiger partial charge >= 0.3 is 5.97 Å². The third-order valence-corrected chi connectivity index (χ3v) is 3.71. The molecule has 102 valence electrons. The predicted molar refractivity (Wildman–Crippen MR) is 77.3 cm³/mol. The van der Waals surface area contributed by atoms with Gasteiger partial charge in [-0.1, -0.05) is 12.1 Å². The molecule has 0 aliphatic heterocycles. The highest BCUT2D eigenvalue weighted by molar-refractivity contribution is 5.80. The number of nitrogens with zero attached hydrogens (tertiary/aromatic N) is 1. The Morgan fingerprint density at radius 1 is 1.32 bits per heavy atom. The van der Waals surface area contributed by atoms with Crippen molar-refractivity contribution in [3.05, 3.63) is 36.0 Å². The van der Waals surface area contributed by atoms with Gasteiger partial charge in [0.1, 0.15) is 0 Å². The van der Waals surface area contributed by atoms with E-state index in [2.05, 4.69) is 42.0 Å². The van der Waals surface area contributed by atoms with Crippen LogP contribution in [0.15, 0.2) is 30.5 Å². The molecule has 2 rings (SSSR count). The van der Waals surface area contributed by atoms with Gasteiger partial charge in [0.15, 0.2) is 0 Å². The predicted octanol–water partition coefficient (Wildman–Crippen LogP) is 3.84. The normalized spacial score (nSPS) is 11.9. The Kier molecular flexibility index (Phi) is 3.65. The van der Waals surface area contributed by atoms with Crippen molar-refractivity contribution >= 4 is 16.9 Å². The monoisotopic (exact) mass is 259 g/mol. The van der Waals surface area contributed by atoms with E-state index in [4.69, 9.17) is 5.11 Å². The fraction of sp³-hybridized carbons (Fsp3) is 0.438. The molecule has 1 N–H and O–H groups in total. The van der Waals surface area contributed by atoms with Crippen LogP contribution in [0.3, 0.4) is 0 Å². The summed E-state index contributed by atoms with van der Waals surface area (Å²) in [5.74, 6) is -0.722. The Morgan fingerprint density at radius 3 is 2.74 bits per heavy atom. The summed E-state index contributed by atoms with van der Waals surface area (Å²) in [6.45, 7) is 6.52. The number of benzene rings is 1. The molecule has 19 heavy (non-hydrogen) atoms. The first-order valence-electron chi connectivity index (χ1n) is 6.69. The van der Waals surface area contributed by atoms with E-state index in [-0.39, 0.29) is 0 Å². The molecule has 0 aliphatic rings. The lowest BCUT2D eigenvalue weighted by molar-refractivity contribution is -0.147. The molecule has 0 aliphatic carbocycles. The average Bonchev–Trinajstić information content (AvgIpc) is 2.71. The highest BCUT2D eigenvalue weighted by atomic mass is 16.4. The Balaban J connectivity index is 2.06. The Labute approximate surface area is 113 Å². The van der Waals surface area contributed by atoms with E-state index in [0.717, 1.165) is 13.0 Å². The van der Waals surface area contributed by atoms with E-state index >= 15 is 0 Å². The van der Waals surface area contributed by atoms with Crippen molar-refractivity contribution < 1.29 is 9.90 Å². The highest BCUT2D eigenvalue weighted by Gasteiger charge is 2.26. The summed E-state index contributed by atoms with van der Waals surface area (Å²) in [4.78, 5) is 11.1. The topological polar surface area (TPSA) is 42.2 Å². The second-order valence-electron chi connectivity index (χ2n) is 5.86. The molecular formula is C16H21NO2. The van der Waals surface area contributed by atoms with E-state index in [1.54, 1.807) is 13.8 Å². The molecule has 1 aromatic carbocycles. The number of carboxylic acid groups (broad SMARTS) is 1. The molecule has 0 atom stereocenters. The van der Waals surface area contributed by atoms with Crippen molar-refractivity contribution in [1.82, 2.24) is 4.57 Å². The van der Waals surface area contributed by atoms with Crippen LogP contribution in [0.25, 0.3) is 10.9 Å². The maximum absolute atomic E-state index is 11.1. The SMILES string of the molecule is Cc1ccc2ccn(CCCC(C)(C)C(=O)O)c2c1. The molecule has 3 heteroatoms. The minimum Gasteiger partial charge on any atom is -0.481 e. The van der Waals surface area contributed by atoms with Gasteiger partial charge < -0.3 is 9.67 Å². The number of aromatic nitrogens is 1. The second-order valence-corrected chi connectivity index (χ2v) is 5.86. The summed E-state index contributed by atoms with van der Waals surface area (Å²) >= 11 is 0. The smallest absolute Gasteiger partial charge is 0.309 e. The lowest BCUT2D eigenvalue weighted by Crippen LogP contribution is -2.23. The number of rotatable bonds is 5. The minimum atomic E-state index is -0.722. The average molecular weight is 259 g/mol. The minimum absolute atomic E-state index is 0.640. The van der Waals surface area contributed by atoms with E-state index in [9.17, 15) is 4.79 Å². The van der Waals surface area contributed by atoms with Crippen LogP contribution in [0, 0.1) is 12.3 Å². The van der Waals surface area contributed by atoms with Gasteiger partial charge in [0.2, 0.25) is 0 Å². The quantitative estimate of drug-likeness (QED) is 0.886. The van der Waals surface area contributed by atoms with Gasteiger partial charge in [-0.15, -0.1) is 0 Å². The number of aryl methyl sites for hydroxylation is 2. The van der Waals surface area contributed by atoms with Gasteiger partial charge in [-0.25, -0.2) is 0 Å². The number of fused-ring (bicyclic) bond motifs is 1. The molecule has 1 heterocycles.